The molecule has 0 atom stereocenters. The number of thiocarbonyl (C=S) groups is 1. The van der Waals surface area contributed by atoms with Gasteiger partial charge in [0.2, 0.25) is 0 Å². The lowest BCUT2D eigenvalue weighted by Crippen LogP contribution is -2.18. The SMILES string of the molecule is Fc1cccc(Cl)c1Cn1cc(NC(=S)Nc2cnn(Cc3ccccc3)c2)cn1. The lowest BCUT2D eigenvalue weighted by molar-refractivity contribution is 0.585. The highest BCUT2D eigenvalue weighted by atomic mass is 35.5. The van der Waals surface area contributed by atoms with Crippen LogP contribution in [0.2, 0.25) is 5.02 Å². The number of rotatable bonds is 6. The van der Waals surface area contributed by atoms with Crippen LogP contribution in [0.15, 0.2) is 73.3 Å². The molecule has 0 radical (unpaired) electrons. The van der Waals surface area contributed by atoms with Gasteiger partial charge in [0.05, 0.1) is 36.9 Å². The molecule has 0 amide bonds. The van der Waals surface area contributed by atoms with E-state index in [1.807, 2.05) is 41.2 Å². The Morgan fingerprint density at radius 3 is 2.17 bits per heavy atom. The molecule has 4 rings (SSSR count). The summed E-state index contributed by atoms with van der Waals surface area (Å²) in [7, 11) is 0. The van der Waals surface area contributed by atoms with Crippen molar-refractivity contribution in [2.75, 3.05) is 10.6 Å². The molecule has 30 heavy (non-hydrogen) atoms. The number of hydrogen-bond acceptors (Lipinski definition) is 3. The van der Waals surface area contributed by atoms with E-state index in [9.17, 15) is 4.39 Å². The fourth-order valence-corrected chi connectivity index (χ4v) is 3.40. The summed E-state index contributed by atoms with van der Waals surface area (Å²) in [5.74, 6) is -0.364. The first kappa shape index (κ1) is 20.1. The van der Waals surface area contributed by atoms with Crippen molar-refractivity contribution in [3.8, 4) is 0 Å². The van der Waals surface area contributed by atoms with Gasteiger partial charge in [0.15, 0.2) is 5.11 Å². The molecule has 2 aromatic heterocycles. The van der Waals surface area contributed by atoms with Crippen LogP contribution in [0.4, 0.5) is 15.8 Å². The van der Waals surface area contributed by atoms with Gasteiger partial charge in [-0.15, -0.1) is 0 Å². The number of hydrogen-bond donors (Lipinski definition) is 2. The summed E-state index contributed by atoms with van der Waals surface area (Å²) in [6, 6.07) is 14.7. The van der Waals surface area contributed by atoms with Crippen molar-refractivity contribution in [1.29, 1.82) is 0 Å². The Bertz CT molecular complexity index is 1140. The summed E-state index contributed by atoms with van der Waals surface area (Å²) in [6.07, 6.45) is 6.93. The van der Waals surface area contributed by atoms with E-state index in [-0.39, 0.29) is 12.4 Å². The maximum atomic E-state index is 14.0. The second-order valence-electron chi connectivity index (χ2n) is 6.62. The van der Waals surface area contributed by atoms with Gasteiger partial charge < -0.3 is 10.6 Å². The van der Waals surface area contributed by atoms with E-state index >= 15 is 0 Å². The molecule has 0 unspecified atom stereocenters. The summed E-state index contributed by atoms with van der Waals surface area (Å²) in [4.78, 5) is 0. The Hall–Kier alpha value is -3.23. The molecule has 4 aromatic rings. The third-order valence-electron chi connectivity index (χ3n) is 4.35. The second-order valence-corrected chi connectivity index (χ2v) is 7.43. The van der Waals surface area contributed by atoms with Gasteiger partial charge in [0.1, 0.15) is 5.82 Å². The molecule has 0 aliphatic carbocycles. The maximum Gasteiger partial charge on any atom is 0.175 e. The van der Waals surface area contributed by atoms with Crippen molar-refractivity contribution in [3.05, 3.63) is 95.3 Å². The normalized spacial score (nSPS) is 10.7. The van der Waals surface area contributed by atoms with Gasteiger partial charge in [0.25, 0.3) is 0 Å². The van der Waals surface area contributed by atoms with E-state index in [4.69, 9.17) is 23.8 Å². The number of aromatic nitrogens is 4. The zero-order valence-electron chi connectivity index (χ0n) is 15.8. The molecule has 0 saturated heterocycles. The number of benzene rings is 2. The van der Waals surface area contributed by atoms with Gasteiger partial charge >= 0.3 is 0 Å². The Morgan fingerprint density at radius 1 is 0.900 bits per heavy atom. The first-order chi connectivity index (χ1) is 14.6. The highest BCUT2D eigenvalue weighted by Gasteiger charge is 2.09. The number of anilines is 2. The van der Waals surface area contributed by atoms with Crippen LogP contribution < -0.4 is 10.6 Å². The molecule has 0 spiro atoms. The predicted octanol–water partition coefficient (Wildman–Crippen LogP) is 4.78. The molecule has 0 aliphatic rings. The molecule has 2 heterocycles. The molecule has 6 nitrogen and oxygen atoms in total. The lowest BCUT2D eigenvalue weighted by Gasteiger charge is -2.07. The minimum atomic E-state index is -0.364. The summed E-state index contributed by atoms with van der Waals surface area (Å²) < 4.78 is 17.4. The van der Waals surface area contributed by atoms with Crippen LogP contribution in [0.5, 0.6) is 0 Å². The van der Waals surface area contributed by atoms with Crippen LogP contribution in [-0.4, -0.2) is 24.7 Å². The number of nitrogens with zero attached hydrogens (tertiary/aromatic N) is 4. The third kappa shape index (κ3) is 5.03. The van der Waals surface area contributed by atoms with Gasteiger partial charge in [-0.2, -0.15) is 10.2 Å². The zero-order chi connectivity index (χ0) is 20.9. The van der Waals surface area contributed by atoms with Crippen molar-refractivity contribution >= 4 is 40.3 Å². The van der Waals surface area contributed by atoms with Crippen LogP contribution in [0.1, 0.15) is 11.1 Å². The quantitative estimate of drug-likeness (QED) is 0.423. The standard InChI is InChI=1S/C21H18ClFN6S/c22-19-7-4-8-20(23)18(19)14-29-13-17(10-25-29)27-21(30)26-16-9-24-28(12-16)11-15-5-2-1-3-6-15/h1-10,12-13H,11,14H2,(H2,26,27,30). The molecule has 0 aliphatic heterocycles. The van der Waals surface area contributed by atoms with Gasteiger partial charge in [0, 0.05) is 23.0 Å². The number of nitrogens with one attached hydrogen (secondary N) is 2. The van der Waals surface area contributed by atoms with Crippen LogP contribution in [0.25, 0.3) is 0 Å². The van der Waals surface area contributed by atoms with Crippen LogP contribution in [0.3, 0.4) is 0 Å². The first-order valence-electron chi connectivity index (χ1n) is 9.16. The number of halogens is 2. The highest BCUT2D eigenvalue weighted by Crippen LogP contribution is 2.20. The van der Waals surface area contributed by atoms with Crippen molar-refractivity contribution in [3.63, 3.8) is 0 Å². The molecule has 152 valence electrons. The van der Waals surface area contributed by atoms with Gasteiger partial charge in [-0.05, 0) is 29.9 Å². The van der Waals surface area contributed by atoms with Gasteiger partial charge in [-0.3, -0.25) is 9.36 Å². The molecule has 0 fully saturated rings. The first-order valence-corrected chi connectivity index (χ1v) is 9.95. The largest absolute Gasteiger partial charge is 0.330 e. The van der Waals surface area contributed by atoms with E-state index < -0.39 is 0 Å². The Kier molecular flexibility index (Phi) is 6.06. The fourth-order valence-electron chi connectivity index (χ4n) is 2.94. The summed E-state index contributed by atoms with van der Waals surface area (Å²) in [5.41, 5.74) is 3.00. The minimum Gasteiger partial charge on any atom is -0.330 e. The zero-order valence-corrected chi connectivity index (χ0v) is 17.4. The third-order valence-corrected chi connectivity index (χ3v) is 4.91. The average molecular weight is 441 g/mol. The molecular weight excluding hydrogens is 423 g/mol. The van der Waals surface area contributed by atoms with Crippen molar-refractivity contribution in [2.45, 2.75) is 13.1 Å². The molecule has 0 saturated carbocycles. The minimum absolute atomic E-state index is 0.222. The molecule has 2 aromatic carbocycles. The average Bonchev–Trinajstić information content (AvgIpc) is 3.35. The lowest BCUT2D eigenvalue weighted by atomic mass is 10.2. The van der Waals surface area contributed by atoms with E-state index in [1.165, 1.54) is 6.07 Å². The summed E-state index contributed by atoms with van der Waals surface area (Å²) >= 11 is 11.4. The smallest absolute Gasteiger partial charge is 0.175 e. The van der Waals surface area contributed by atoms with E-state index in [2.05, 4.69) is 20.8 Å². The Labute approximate surface area is 183 Å². The molecule has 2 N–H and O–H groups in total. The van der Waals surface area contributed by atoms with Gasteiger partial charge in [-0.25, -0.2) is 4.39 Å². The van der Waals surface area contributed by atoms with Crippen LogP contribution in [0, 0.1) is 5.82 Å². The molecule has 0 bridgehead atoms. The van der Waals surface area contributed by atoms with Crippen LogP contribution in [-0.2, 0) is 13.1 Å². The monoisotopic (exact) mass is 440 g/mol. The van der Waals surface area contributed by atoms with E-state index in [1.54, 1.807) is 35.4 Å². The van der Waals surface area contributed by atoms with Crippen molar-refractivity contribution in [1.82, 2.24) is 19.6 Å². The topological polar surface area (TPSA) is 59.7 Å². The predicted molar refractivity (Wildman–Crippen MR) is 120 cm³/mol. The van der Waals surface area contributed by atoms with Crippen LogP contribution >= 0.6 is 23.8 Å². The molecule has 9 heteroatoms. The van der Waals surface area contributed by atoms with E-state index in [0.29, 0.717) is 27.9 Å². The van der Waals surface area contributed by atoms with Crippen molar-refractivity contribution < 1.29 is 4.39 Å². The van der Waals surface area contributed by atoms with E-state index in [0.717, 1.165) is 11.3 Å². The second kappa shape index (κ2) is 9.06. The fraction of sp³-hybridized carbons (Fsp3) is 0.0952. The Balaban J connectivity index is 1.34. The Morgan fingerprint density at radius 2 is 1.53 bits per heavy atom. The highest BCUT2D eigenvalue weighted by molar-refractivity contribution is 7.80. The summed E-state index contributed by atoms with van der Waals surface area (Å²) in [6.45, 7) is 0.897. The maximum absolute atomic E-state index is 14.0. The van der Waals surface area contributed by atoms with Crippen molar-refractivity contribution in [2.24, 2.45) is 0 Å². The van der Waals surface area contributed by atoms with Gasteiger partial charge in [-0.1, -0.05) is 48.0 Å². The summed E-state index contributed by atoms with van der Waals surface area (Å²) in [5, 5.41) is 15.5. The molecular formula is C21H18ClFN6S.